The van der Waals surface area contributed by atoms with Crippen molar-refractivity contribution < 1.29 is 0 Å². The highest BCUT2D eigenvalue weighted by molar-refractivity contribution is 5.57. The van der Waals surface area contributed by atoms with Crippen LogP contribution in [-0.2, 0) is 13.0 Å². The van der Waals surface area contributed by atoms with Crippen LogP contribution >= 0.6 is 0 Å². The van der Waals surface area contributed by atoms with E-state index in [1.807, 2.05) is 10.9 Å². The summed E-state index contributed by atoms with van der Waals surface area (Å²) < 4.78 is 1.83. The third kappa shape index (κ3) is 3.66. The quantitative estimate of drug-likeness (QED) is 0.712. The van der Waals surface area contributed by atoms with Crippen LogP contribution in [0.25, 0.3) is 0 Å². The van der Waals surface area contributed by atoms with Gasteiger partial charge in [-0.3, -0.25) is 4.68 Å². The van der Waals surface area contributed by atoms with Crippen molar-refractivity contribution in [3.05, 3.63) is 24.3 Å². The average molecular weight is 275 g/mol. The number of aromatic nitrogens is 5. The molecule has 0 saturated carbocycles. The van der Waals surface area contributed by atoms with Gasteiger partial charge < -0.3 is 10.6 Å². The van der Waals surface area contributed by atoms with Crippen LogP contribution in [-0.4, -0.2) is 38.1 Å². The average Bonchev–Trinajstić information content (AvgIpc) is 2.97. The minimum atomic E-state index is 0.843. The van der Waals surface area contributed by atoms with Crippen LogP contribution in [0.1, 0.15) is 25.8 Å². The minimum Gasteiger partial charge on any atom is -0.370 e. The zero-order valence-corrected chi connectivity index (χ0v) is 12.0. The van der Waals surface area contributed by atoms with Crippen LogP contribution in [0.4, 0.5) is 11.6 Å². The second-order valence-corrected chi connectivity index (χ2v) is 4.38. The molecule has 0 saturated heterocycles. The first-order chi connectivity index (χ1) is 9.85. The van der Waals surface area contributed by atoms with Crippen molar-refractivity contribution >= 4 is 11.6 Å². The molecule has 0 aromatic carbocycles. The van der Waals surface area contributed by atoms with Crippen LogP contribution in [0, 0.1) is 0 Å². The standard InChI is InChI=1S/C13H21N7/c1-3-11-12(14-4-2)16-10-17-13(11)15-6-5-8-20-9-7-18-19-20/h7,9-10H,3-6,8H2,1-2H3,(H2,14,15,16,17). The maximum atomic E-state index is 4.33. The van der Waals surface area contributed by atoms with E-state index < -0.39 is 0 Å². The first-order valence-electron chi connectivity index (χ1n) is 7.00. The van der Waals surface area contributed by atoms with Crippen LogP contribution < -0.4 is 10.6 Å². The summed E-state index contributed by atoms with van der Waals surface area (Å²) in [5.41, 5.74) is 1.13. The Balaban J connectivity index is 1.90. The molecule has 20 heavy (non-hydrogen) atoms. The van der Waals surface area contributed by atoms with Gasteiger partial charge in [0.15, 0.2) is 0 Å². The summed E-state index contributed by atoms with van der Waals surface area (Å²) >= 11 is 0. The van der Waals surface area contributed by atoms with Gasteiger partial charge in [-0.2, -0.15) is 0 Å². The zero-order chi connectivity index (χ0) is 14.2. The van der Waals surface area contributed by atoms with Crippen molar-refractivity contribution in [3.8, 4) is 0 Å². The Kier molecular flexibility index (Phi) is 5.28. The number of hydrogen-bond acceptors (Lipinski definition) is 6. The molecule has 2 N–H and O–H groups in total. The van der Waals surface area contributed by atoms with E-state index in [9.17, 15) is 0 Å². The van der Waals surface area contributed by atoms with Crippen molar-refractivity contribution in [2.75, 3.05) is 23.7 Å². The Morgan fingerprint density at radius 3 is 2.60 bits per heavy atom. The molecule has 0 bridgehead atoms. The van der Waals surface area contributed by atoms with Crippen molar-refractivity contribution in [2.24, 2.45) is 0 Å². The van der Waals surface area contributed by atoms with E-state index in [0.717, 1.165) is 49.7 Å². The molecule has 2 rings (SSSR count). The highest BCUT2D eigenvalue weighted by atomic mass is 15.4. The Hall–Kier alpha value is -2.18. The molecule has 2 heterocycles. The van der Waals surface area contributed by atoms with E-state index >= 15 is 0 Å². The molecule has 2 aromatic rings. The molecule has 0 aliphatic carbocycles. The summed E-state index contributed by atoms with van der Waals surface area (Å²) in [5, 5.41) is 14.4. The van der Waals surface area contributed by atoms with Gasteiger partial charge in [-0.15, -0.1) is 5.10 Å². The third-order valence-electron chi connectivity index (χ3n) is 2.97. The van der Waals surface area contributed by atoms with Crippen LogP contribution in [0.15, 0.2) is 18.7 Å². The lowest BCUT2D eigenvalue weighted by Crippen LogP contribution is -2.12. The summed E-state index contributed by atoms with van der Waals surface area (Å²) in [4.78, 5) is 8.61. The molecule has 7 heteroatoms. The molecular formula is C13H21N7. The largest absolute Gasteiger partial charge is 0.370 e. The molecule has 0 aliphatic rings. The molecule has 0 spiro atoms. The lowest BCUT2D eigenvalue weighted by atomic mass is 10.2. The number of aryl methyl sites for hydroxylation is 1. The fourth-order valence-corrected chi connectivity index (χ4v) is 2.02. The van der Waals surface area contributed by atoms with Gasteiger partial charge in [-0.05, 0) is 19.8 Å². The highest BCUT2D eigenvalue weighted by Crippen LogP contribution is 2.20. The Bertz CT molecular complexity index is 509. The lowest BCUT2D eigenvalue weighted by molar-refractivity contribution is 0.569. The van der Waals surface area contributed by atoms with Crippen LogP contribution in [0.3, 0.4) is 0 Å². The van der Waals surface area contributed by atoms with Crippen LogP contribution in [0.5, 0.6) is 0 Å². The number of nitrogens with zero attached hydrogens (tertiary/aromatic N) is 5. The third-order valence-corrected chi connectivity index (χ3v) is 2.97. The van der Waals surface area contributed by atoms with Gasteiger partial charge in [0.25, 0.3) is 0 Å². The van der Waals surface area contributed by atoms with E-state index in [2.05, 4.69) is 44.8 Å². The number of rotatable bonds is 8. The molecule has 0 amide bonds. The zero-order valence-electron chi connectivity index (χ0n) is 12.0. The van der Waals surface area contributed by atoms with E-state index in [1.54, 1.807) is 12.5 Å². The van der Waals surface area contributed by atoms with Gasteiger partial charge in [0, 0.05) is 31.4 Å². The monoisotopic (exact) mass is 275 g/mol. The Morgan fingerprint density at radius 2 is 1.95 bits per heavy atom. The van der Waals surface area contributed by atoms with E-state index in [-0.39, 0.29) is 0 Å². The molecule has 0 unspecified atom stereocenters. The second kappa shape index (κ2) is 7.42. The van der Waals surface area contributed by atoms with Crippen molar-refractivity contribution in [3.63, 3.8) is 0 Å². The van der Waals surface area contributed by atoms with E-state index in [0.29, 0.717) is 0 Å². The summed E-state index contributed by atoms with van der Waals surface area (Å²) in [6.45, 7) is 6.72. The fraction of sp³-hybridized carbons (Fsp3) is 0.538. The molecule has 108 valence electrons. The van der Waals surface area contributed by atoms with Gasteiger partial charge in [-0.1, -0.05) is 12.1 Å². The summed E-state index contributed by atoms with van der Waals surface area (Å²) in [6.07, 6.45) is 7.01. The molecule has 0 aliphatic heterocycles. The van der Waals surface area contributed by atoms with Crippen LogP contribution in [0.2, 0.25) is 0 Å². The van der Waals surface area contributed by atoms with Gasteiger partial charge in [0.2, 0.25) is 0 Å². The topological polar surface area (TPSA) is 80.5 Å². The Labute approximate surface area is 118 Å². The SMILES string of the molecule is CCNc1ncnc(NCCCn2ccnn2)c1CC. The summed E-state index contributed by atoms with van der Waals surface area (Å²) in [5.74, 6) is 1.83. The first kappa shape index (κ1) is 14.2. The number of nitrogens with one attached hydrogen (secondary N) is 2. The predicted molar refractivity (Wildman–Crippen MR) is 78.7 cm³/mol. The molecule has 0 radical (unpaired) electrons. The van der Waals surface area contributed by atoms with Crippen molar-refractivity contribution in [1.82, 2.24) is 25.0 Å². The predicted octanol–water partition coefficient (Wildman–Crippen LogP) is 1.56. The fourth-order valence-electron chi connectivity index (χ4n) is 2.02. The maximum Gasteiger partial charge on any atom is 0.134 e. The molecule has 7 nitrogen and oxygen atoms in total. The second-order valence-electron chi connectivity index (χ2n) is 4.38. The maximum absolute atomic E-state index is 4.33. The number of anilines is 2. The molecular weight excluding hydrogens is 254 g/mol. The number of hydrogen-bond donors (Lipinski definition) is 2. The summed E-state index contributed by atoms with van der Waals surface area (Å²) in [6, 6.07) is 0. The van der Waals surface area contributed by atoms with E-state index in [4.69, 9.17) is 0 Å². The van der Waals surface area contributed by atoms with Gasteiger partial charge in [0.1, 0.15) is 18.0 Å². The van der Waals surface area contributed by atoms with Gasteiger partial charge >= 0.3 is 0 Å². The van der Waals surface area contributed by atoms with E-state index in [1.165, 1.54) is 0 Å². The highest BCUT2D eigenvalue weighted by Gasteiger charge is 2.08. The van der Waals surface area contributed by atoms with Crippen molar-refractivity contribution in [1.29, 1.82) is 0 Å². The Morgan fingerprint density at radius 1 is 1.15 bits per heavy atom. The smallest absolute Gasteiger partial charge is 0.134 e. The van der Waals surface area contributed by atoms with Gasteiger partial charge in [-0.25, -0.2) is 9.97 Å². The minimum absolute atomic E-state index is 0.843. The summed E-state index contributed by atoms with van der Waals surface area (Å²) in [7, 11) is 0. The lowest BCUT2D eigenvalue weighted by Gasteiger charge is -2.13. The molecule has 0 fully saturated rings. The molecule has 0 atom stereocenters. The molecule has 2 aromatic heterocycles. The normalized spacial score (nSPS) is 10.5. The first-order valence-corrected chi connectivity index (χ1v) is 7.00. The van der Waals surface area contributed by atoms with Gasteiger partial charge in [0.05, 0.1) is 6.20 Å². The van der Waals surface area contributed by atoms with Crippen molar-refractivity contribution in [2.45, 2.75) is 33.2 Å².